The fourth-order valence-electron chi connectivity index (χ4n) is 2.53. The summed E-state index contributed by atoms with van der Waals surface area (Å²) in [5, 5.41) is 34.0. The van der Waals surface area contributed by atoms with E-state index in [2.05, 4.69) is 10.3 Å². The van der Waals surface area contributed by atoms with Crippen molar-refractivity contribution in [1.29, 1.82) is 0 Å². The number of hydrogen-bond donors (Lipinski definition) is 3. The minimum Gasteiger partial charge on any atom is -0.476 e. The fourth-order valence-corrected chi connectivity index (χ4v) is 2.53. The summed E-state index contributed by atoms with van der Waals surface area (Å²) in [5.74, 6) is -0.199. The number of nitrogens with one attached hydrogen (secondary N) is 1. The maximum absolute atomic E-state index is 11.7. The van der Waals surface area contributed by atoms with Crippen molar-refractivity contribution in [3.8, 4) is 5.88 Å². The number of carbonyl (C=O) groups is 1. The normalized spacial score (nSPS) is 12.7. The zero-order valence-corrected chi connectivity index (χ0v) is 15.4. The number of alkyl carbamates (subject to hydrolysis) is 1. The second kappa shape index (κ2) is 9.62. The molecule has 1 aromatic carbocycles. The third kappa shape index (κ3) is 5.15. The summed E-state index contributed by atoms with van der Waals surface area (Å²) in [6.45, 7) is 1.14. The first kappa shape index (κ1) is 21.1. The van der Waals surface area contributed by atoms with Crippen molar-refractivity contribution in [3.05, 3.63) is 63.3 Å². The van der Waals surface area contributed by atoms with Crippen LogP contribution in [0, 0.1) is 17.0 Å². The quantitative estimate of drug-likeness (QED) is 0.455. The van der Waals surface area contributed by atoms with Gasteiger partial charge >= 0.3 is 11.8 Å². The van der Waals surface area contributed by atoms with Crippen LogP contribution < -0.4 is 10.1 Å². The molecule has 10 nitrogen and oxygen atoms in total. The van der Waals surface area contributed by atoms with E-state index in [1.54, 1.807) is 24.3 Å². The van der Waals surface area contributed by atoms with Crippen LogP contribution in [-0.4, -0.2) is 46.0 Å². The van der Waals surface area contributed by atoms with Crippen LogP contribution in [0.4, 0.5) is 10.5 Å². The summed E-state index contributed by atoms with van der Waals surface area (Å²) in [5.41, 5.74) is 0.557. The Morgan fingerprint density at radius 1 is 1.32 bits per heavy atom. The fraction of sp³-hybridized carbons (Fsp3) is 0.333. The Kier molecular flexibility index (Phi) is 7.24. The molecule has 1 aromatic heterocycles. The smallest absolute Gasteiger partial charge is 0.407 e. The minimum absolute atomic E-state index is 0.0546. The van der Waals surface area contributed by atoms with Crippen LogP contribution in [0.2, 0.25) is 0 Å². The number of rotatable bonds is 8. The molecule has 1 heterocycles. The predicted octanol–water partition coefficient (Wildman–Crippen LogP) is 1.63. The standard InChI is InChI=1S/C18H21N3O7/c1-11-13(8-19-17(27-2)15(11)21(25)26)16(23)14(22)9-20-18(24)28-10-12-6-4-3-5-7-12/h3-8,14,16,22-23H,9-10H2,1-2H3,(H,20,24). The Bertz CT molecular complexity index is 829. The number of carbonyl (C=O) groups excluding carboxylic acids is 1. The third-order valence-electron chi connectivity index (χ3n) is 4.04. The number of hydrogen-bond acceptors (Lipinski definition) is 8. The van der Waals surface area contributed by atoms with Gasteiger partial charge < -0.3 is 25.0 Å². The molecule has 0 bridgehead atoms. The molecule has 2 rings (SSSR count). The van der Waals surface area contributed by atoms with E-state index in [0.29, 0.717) is 0 Å². The molecule has 10 heteroatoms. The predicted molar refractivity (Wildman–Crippen MR) is 97.8 cm³/mol. The van der Waals surface area contributed by atoms with E-state index >= 15 is 0 Å². The molecular formula is C18H21N3O7. The number of methoxy groups -OCH3 is 1. The van der Waals surface area contributed by atoms with Gasteiger partial charge in [0.1, 0.15) is 18.8 Å². The van der Waals surface area contributed by atoms with Gasteiger partial charge in [-0.1, -0.05) is 30.3 Å². The van der Waals surface area contributed by atoms with Gasteiger partial charge in [0.05, 0.1) is 12.0 Å². The SMILES string of the molecule is COc1ncc(C(O)C(O)CNC(=O)OCc2ccccc2)c(C)c1[N+](=O)[O-]. The lowest BCUT2D eigenvalue weighted by Crippen LogP contribution is -2.36. The van der Waals surface area contributed by atoms with Crippen molar-refractivity contribution in [1.82, 2.24) is 10.3 Å². The summed E-state index contributed by atoms with van der Waals surface area (Å²) in [4.78, 5) is 26.1. The molecular weight excluding hydrogens is 370 g/mol. The van der Waals surface area contributed by atoms with Gasteiger partial charge in [0.25, 0.3) is 5.88 Å². The largest absolute Gasteiger partial charge is 0.476 e. The van der Waals surface area contributed by atoms with Gasteiger partial charge in [-0.3, -0.25) is 10.1 Å². The van der Waals surface area contributed by atoms with Gasteiger partial charge in [-0.05, 0) is 12.5 Å². The Labute approximate surface area is 160 Å². The average molecular weight is 391 g/mol. The molecule has 2 atom stereocenters. The van der Waals surface area contributed by atoms with Crippen LogP contribution >= 0.6 is 0 Å². The molecule has 1 amide bonds. The number of ether oxygens (including phenoxy) is 2. The number of aromatic nitrogens is 1. The Hall–Kier alpha value is -3.24. The molecule has 2 unspecified atom stereocenters. The van der Waals surface area contributed by atoms with Gasteiger partial charge in [-0.2, -0.15) is 0 Å². The van der Waals surface area contributed by atoms with E-state index in [1.165, 1.54) is 20.2 Å². The summed E-state index contributed by atoms with van der Waals surface area (Å²) in [7, 11) is 1.24. The highest BCUT2D eigenvalue weighted by Gasteiger charge is 2.28. The highest BCUT2D eigenvalue weighted by molar-refractivity contribution is 5.67. The number of benzene rings is 1. The molecule has 3 N–H and O–H groups in total. The average Bonchev–Trinajstić information content (AvgIpc) is 2.70. The Morgan fingerprint density at radius 3 is 2.61 bits per heavy atom. The molecule has 0 saturated heterocycles. The maximum atomic E-state index is 11.7. The second-order valence-electron chi connectivity index (χ2n) is 5.91. The summed E-state index contributed by atoms with van der Waals surface area (Å²) in [6, 6.07) is 9.03. The second-order valence-corrected chi connectivity index (χ2v) is 5.91. The van der Waals surface area contributed by atoms with Crippen molar-refractivity contribution in [2.24, 2.45) is 0 Å². The van der Waals surface area contributed by atoms with Crippen LogP contribution in [0.3, 0.4) is 0 Å². The maximum Gasteiger partial charge on any atom is 0.407 e. The number of amides is 1. The lowest BCUT2D eigenvalue weighted by atomic mass is 10.0. The van der Waals surface area contributed by atoms with Crippen LogP contribution in [-0.2, 0) is 11.3 Å². The van der Waals surface area contributed by atoms with Gasteiger partial charge in [0.2, 0.25) is 0 Å². The lowest BCUT2D eigenvalue weighted by molar-refractivity contribution is -0.386. The monoisotopic (exact) mass is 391 g/mol. The molecule has 28 heavy (non-hydrogen) atoms. The number of pyridine rings is 1. The molecule has 0 radical (unpaired) electrons. The number of aliphatic hydroxyl groups excluding tert-OH is 2. The van der Waals surface area contributed by atoms with E-state index in [9.17, 15) is 25.1 Å². The van der Waals surface area contributed by atoms with Crippen molar-refractivity contribution in [3.63, 3.8) is 0 Å². The molecule has 0 aliphatic heterocycles. The van der Waals surface area contributed by atoms with Gasteiger partial charge in [0, 0.05) is 23.9 Å². The first-order valence-corrected chi connectivity index (χ1v) is 8.33. The van der Waals surface area contributed by atoms with E-state index in [-0.39, 0.29) is 30.2 Å². The highest BCUT2D eigenvalue weighted by Crippen LogP contribution is 2.33. The highest BCUT2D eigenvalue weighted by atomic mass is 16.6. The number of nitrogens with zero attached hydrogens (tertiary/aromatic N) is 2. The van der Waals surface area contributed by atoms with Crippen LogP contribution in [0.1, 0.15) is 22.8 Å². The Morgan fingerprint density at radius 2 is 2.00 bits per heavy atom. The van der Waals surface area contributed by atoms with Crippen molar-refractivity contribution in [2.45, 2.75) is 25.7 Å². The van der Waals surface area contributed by atoms with Gasteiger partial charge in [0.15, 0.2) is 0 Å². The van der Waals surface area contributed by atoms with E-state index in [4.69, 9.17) is 9.47 Å². The summed E-state index contributed by atoms with van der Waals surface area (Å²) >= 11 is 0. The van der Waals surface area contributed by atoms with Crippen LogP contribution in [0.25, 0.3) is 0 Å². The van der Waals surface area contributed by atoms with Crippen LogP contribution in [0.5, 0.6) is 5.88 Å². The molecule has 0 spiro atoms. The zero-order chi connectivity index (χ0) is 20.7. The molecule has 0 aliphatic carbocycles. The van der Waals surface area contributed by atoms with E-state index in [0.717, 1.165) is 5.56 Å². The van der Waals surface area contributed by atoms with Crippen molar-refractivity contribution >= 4 is 11.8 Å². The van der Waals surface area contributed by atoms with Gasteiger partial charge in [-0.15, -0.1) is 0 Å². The lowest BCUT2D eigenvalue weighted by Gasteiger charge is -2.20. The topological polar surface area (TPSA) is 144 Å². The van der Waals surface area contributed by atoms with E-state index < -0.39 is 28.9 Å². The van der Waals surface area contributed by atoms with E-state index in [1.807, 2.05) is 6.07 Å². The first-order chi connectivity index (χ1) is 13.3. The summed E-state index contributed by atoms with van der Waals surface area (Å²) < 4.78 is 9.86. The van der Waals surface area contributed by atoms with Crippen molar-refractivity contribution in [2.75, 3.05) is 13.7 Å². The third-order valence-corrected chi connectivity index (χ3v) is 4.04. The van der Waals surface area contributed by atoms with Crippen molar-refractivity contribution < 1.29 is 29.4 Å². The molecule has 0 fully saturated rings. The summed E-state index contributed by atoms with van der Waals surface area (Å²) in [6.07, 6.45) is -2.53. The number of aliphatic hydroxyl groups is 2. The molecule has 0 saturated carbocycles. The number of nitro groups is 1. The first-order valence-electron chi connectivity index (χ1n) is 8.33. The molecule has 150 valence electrons. The van der Waals surface area contributed by atoms with Crippen LogP contribution in [0.15, 0.2) is 36.5 Å². The molecule has 2 aromatic rings. The minimum atomic E-state index is -1.51. The molecule has 0 aliphatic rings. The van der Waals surface area contributed by atoms with Gasteiger partial charge in [-0.25, -0.2) is 9.78 Å². The Balaban J connectivity index is 1.97. The zero-order valence-electron chi connectivity index (χ0n) is 15.4.